The molecule has 15 heavy (non-hydrogen) atoms. The van der Waals surface area contributed by atoms with E-state index in [1.165, 1.54) is 0 Å². The van der Waals surface area contributed by atoms with Crippen LogP contribution in [0.5, 0.6) is 0 Å². The topological polar surface area (TPSA) is 56.2 Å². The Hall–Kier alpha value is -1.58. The summed E-state index contributed by atoms with van der Waals surface area (Å²) < 4.78 is 2.04. The van der Waals surface area contributed by atoms with Crippen LogP contribution < -0.4 is 5.73 Å². The van der Waals surface area contributed by atoms with E-state index in [-0.39, 0.29) is 0 Å². The van der Waals surface area contributed by atoms with Gasteiger partial charge in [0, 0.05) is 18.8 Å². The molecule has 2 aromatic heterocycles. The third-order valence-electron chi connectivity index (χ3n) is 2.55. The summed E-state index contributed by atoms with van der Waals surface area (Å²) in [5.74, 6) is 1.98. The first-order valence-corrected chi connectivity index (χ1v) is 5.26. The Morgan fingerprint density at radius 3 is 2.80 bits per heavy atom. The molecule has 0 saturated carbocycles. The number of nitrogen functional groups attached to an aromatic ring is 1. The highest BCUT2D eigenvalue weighted by molar-refractivity contribution is 5.69. The van der Waals surface area contributed by atoms with E-state index in [1.54, 1.807) is 6.20 Å². The lowest BCUT2D eigenvalue weighted by Crippen LogP contribution is -1.98. The summed E-state index contributed by atoms with van der Waals surface area (Å²) in [6.07, 6.45) is 4.54. The van der Waals surface area contributed by atoms with Gasteiger partial charge in [0.05, 0.1) is 5.69 Å². The Kier molecular flexibility index (Phi) is 2.34. The predicted octanol–water partition coefficient (Wildman–Crippen LogP) is 2.00. The number of anilines is 1. The molecule has 0 saturated heterocycles. The Balaban J connectivity index is 2.82. The number of nitrogens with two attached hydrogens (primary N) is 1. The third kappa shape index (κ3) is 1.46. The molecule has 2 heterocycles. The number of aromatic nitrogens is 3. The lowest BCUT2D eigenvalue weighted by Gasteiger charge is -2.03. The molecule has 0 aliphatic rings. The Morgan fingerprint density at radius 2 is 2.20 bits per heavy atom. The fourth-order valence-corrected chi connectivity index (χ4v) is 1.81. The van der Waals surface area contributed by atoms with Gasteiger partial charge in [-0.1, -0.05) is 20.8 Å². The highest BCUT2D eigenvalue weighted by Crippen LogP contribution is 2.24. The summed E-state index contributed by atoms with van der Waals surface area (Å²) in [5.41, 5.74) is 7.89. The molecule has 0 amide bonds. The van der Waals surface area contributed by atoms with Crippen molar-refractivity contribution in [1.29, 1.82) is 0 Å². The third-order valence-corrected chi connectivity index (χ3v) is 2.55. The number of imidazole rings is 1. The van der Waals surface area contributed by atoms with Crippen LogP contribution in [-0.2, 0) is 6.42 Å². The van der Waals surface area contributed by atoms with E-state index < -0.39 is 0 Å². The molecule has 0 fully saturated rings. The van der Waals surface area contributed by atoms with Gasteiger partial charge < -0.3 is 5.73 Å². The molecular weight excluding hydrogens is 188 g/mol. The van der Waals surface area contributed by atoms with Crippen LogP contribution in [0.25, 0.3) is 5.52 Å². The molecule has 0 bridgehead atoms. The normalized spacial score (nSPS) is 11.5. The van der Waals surface area contributed by atoms with Gasteiger partial charge >= 0.3 is 0 Å². The molecule has 2 aromatic rings. The van der Waals surface area contributed by atoms with Crippen molar-refractivity contribution in [2.75, 3.05) is 5.73 Å². The van der Waals surface area contributed by atoms with E-state index in [1.807, 2.05) is 10.6 Å². The van der Waals surface area contributed by atoms with Gasteiger partial charge in [0.1, 0.15) is 17.2 Å². The number of hydrogen-bond donors (Lipinski definition) is 1. The minimum atomic E-state index is 0.367. The van der Waals surface area contributed by atoms with Gasteiger partial charge in [0.25, 0.3) is 0 Å². The van der Waals surface area contributed by atoms with Gasteiger partial charge in [-0.25, -0.2) is 9.97 Å². The molecule has 0 aliphatic carbocycles. The van der Waals surface area contributed by atoms with Crippen molar-refractivity contribution >= 4 is 11.3 Å². The largest absolute Gasteiger partial charge is 0.382 e. The Labute approximate surface area is 89.2 Å². The van der Waals surface area contributed by atoms with Crippen LogP contribution in [0.2, 0.25) is 0 Å². The monoisotopic (exact) mass is 204 g/mol. The maximum absolute atomic E-state index is 5.89. The second kappa shape index (κ2) is 3.53. The maximum atomic E-state index is 5.89. The second-order valence-corrected chi connectivity index (χ2v) is 3.95. The lowest BCUT2D eigenvalue weighted by atomic mass is 10.1. The molecule has 4 nitrogen and oxygen atoms in total. The van der Waals surface area contributed by atoms with Gasteiger partial charge in [-0.2, -0.15) is 0 Å². The summed E-state index contributed by atoms with van der Waals surface area (Å²) in [7, 11) is 0. The highest BCUT2D eigenvalue weighted by atomic mass is 15.1. The number of rotatable bonds is 2. The van der Waals surface area contributed by atoms with E-state index in [4.69, 9.17) is 5.73 Å². The van der Waals surface area contributed by atoms with E-state index in [9.17, 15) is 0 Å². The minimum Gasteiger partial charge on any atom is -0.382 e. The van der Waals surface area contributed by atoms with Crippen LogP contribution >= 0.6 is 0 Å². The highest BCUT2D eigenvalue weighted by Gasteiger charge is 2.15. The Morgan fingerprint density at radius 1 is 1.47 bits per heavy atom. The van der Waals surface area contributed by atoms with E-state index in [0.717, 1.165) is 23.5 Å². The van der Waals surface area contributed by atoms with Crippen LogP contribution in [0.4, 0.5) is 5.82 Å². The zero-order valence-electron chi connectivity index (χ0n) is 9.36. The quantitative estimate of drug-likeness (QED) is 0.814. The molecule has 0 unspecified atom stereocenters. The van der Waals surface area contributed by atoms with Crippen LogP contribution in [0.1, 0.15) is 38.2 Å². The van der Waals surface area contributed by atoms with Crippen molar-refractivity contribution in [1.82, 2.24) is 14.4 Å². The standard InChI is InChI=1S/C11H16N4/c1-4-8-14-9(7(2)3)10-11(12)13-5-6-15(8)10/h5-7H,4H2,1-3H3,(H2,12,13). The predicted molar refractivity (Wildman–Crippen MR) is 60.9 cm³/mol. The summed E-state index contributed by atoms with van der Waals surface area (Å²) in [6.45, 7) is 6.33. The molecule has 0 aromatic carbocycles. The molecular formula is C11H16N4. The lowest BCUT2D eigenvalue weighted by molar-refractivity contribution is 0.827. The van der Waals surface area contributed by atoms with E-state index in [0.29, 0.717) is 11.7 Å². The number of aryl methyl sites for hydroxylation is 1. The second-order valence-electron chi connectivity index (χ2n) is 3.95. The number of nitrogens with zero attached hydrogens (tertiary/aromatic N) is 3. The molecule has 0 aliphatic heterocycles. The van der Waals surface area contributed by atoms with Gasteiger partial charge in [0.15, 0.2) is 0 Å². The summed E-state index contributed by atoms with van der Waals surface area (Å²) in [4.78, 5) is 8.73. The Bertz CT molecular complexity index is 485. The molecule has 2 N–H and O–H groups in total. The molecule has 0 radical (unpaired) electrons. The molecule has 80 valence electrons. The van der Waals surface area contributed by atoms with Gasteiger partial charge in [-0.15, -0.1) is 0 Å². The average molecular weight is 204 g/mol. The molecule has 4 heteroatoms. The van der Waals surface area contributed by atoms with Crippen molar-refractivity contribution in [3.63, 3.8) is 0 Å². The number of fused-ring (bicyclic) bond motifs is 1. The van der Waals surface area contributed by atoms with Crippen molar-refractivity contribution in [3.05, 3.63) is 23.9 Å². The first-order valence-electron chi connectivity index (χ1n) is 5.26. The van der Waals surface area contributed by atoms with Crippen molar-refractivity contribution < 1.29 is 0 Å². The van der Waals surface area contributed by atoms with Crippen LogP contribution in [0.15, 0.2) is 12.4 Å². The van der Waals surface area contributed by atoms with Crippen LogP contribution in [-0.4, -0.2) is 14.4 Å². The zero-order chi connectivity index (χ0) is 11.0. The fourth-order valence-electron chi connectivity index (χ4n) is 1.81. The number of hydrogen-bond acceptors (Lipinski definition) is 3. The van der Waals surface area contributed by atoms with Crippen molar-refractivity contribution in [3.8, 4) is 0 Å². The summed E-state index contributed by atoms with van der Waals surface area (Å²) in [5, 5.41) is 0. The smallest absolute Gasteiger partial charge is 0.149 e. The van der Waals surface area contributed by atoms with E-state index >= 15 is 0 Å². The van der Waals surface area contributed by atoms with Crippen LogP contribution in [0, 0.1) is 0 Å². The molecule has 2 rings (SSSR count). The SMILES string of the molecule is CCc1nc(C(C)C)c2c(N)nccn12. The van der Waals surface area contributed by atoms with Gasteiger partial charge in [-0.3, -0.25) is 4.40 Å². The summed E-state index contributed by atoms with van der Waals surface area (Å²) >= 11 is 0. The minimum absolute atomic E-state index is 0.367. The first kappa shape index (κ1) is 9.96. The maximum Gasteiger partial charge on any atom is 0.149 e. The average Bonchev–Trinajstić information content (AvgIpc) is 2.58. The van der Waals surface area contributed by atoms with Crippen LogP contribution in [0.3, 0.4) is 0 Å². The van der Waals surface area contributed by atoms with Gasteiger partial charge in [0.2, 0.25) is 0 Å². The molecule has 0 spiro atoms. The summed E-state index contributed by atoms with van der Waals surface area (Å²) in [6, 6.07) is 0. The van der Waals surface area contributed by atoms with Crippen molar-refractivity contribution in [2.24, 2.45) is 0 Å². The first-order chi connectivity index (χ1) is 7.15. The van der Waals surface area contributed by atoms with Gasteiger partial charge in [-0.05, 0) is 5.92 Å². The van der Waals surface area contributed by atoms with Crippen molar-refractivity contribution in [2.45, 2.75) is 33.1 Å². The fraction of sp³-hybridized carbons (Fsp3) is 0.455. The van der Waals surface area contributed by atoms with E-state index in [2.05, 4.69) is 30.7 Å². The zero-order valence-corrected chi connectivity index (χ0v) is 9.36. The molecule has 0 atom stereocenters.